The highest BCUT2D eigenvalue weighted by Crippen LogP contribution is 2.27. The maximum absolute atomic E-state index is 10.4. The van der Waals surface area contributed by atoms with Crippen LogP contribution in [-0.2, 0) is 14.4 Å². The first-order chi connectivity index (χ1) is 5.42. The van der Waals surface area contributed by atoms with Gasteiger partial charge in [0.05, 0.1) is 12.5 Å². The quantitative estimate of drug-likeness (QED) is 0.512. The number of hydrogen-bond donors (Lipinski definition) is 0. The summed E-state index contributed by atoms with van der Waals surface area (Å²) in [6.45, 7) is 0.711. The standard InChI is InChI=1S/C7H9NO3/c9-4-6-5-2-1-3-10-7(5)11-8-6/h4-5,7H,1-3H2. The van der Waals surface area contributed by atoms with E-state index in [9.17, 15) is 4.79 Å². The van der Waals surface area contributed by atoms with Crippen molar-refractivity contribution in [2.75, 3.05) is 6.61 Å². The van der Waals surface area contributed by atoms with Gasteiger partial charge in [0.2, 0.25) is 6.29 Å². The molecule has 1 saturated heterocycles. The molecule has 0 aromatic carbocycles. The molecule has 2 heterocycles. The molecule has 0 spiro atoms. The zero-order valence-corrected chi connectivity index (χ0v) is 6.03. The molecule has 0 radical (unpaired) electrons. The van der Waals surface area contributed by atoms with Crippen molar-refractivity contribution in [2.45, 2.75) is 19.1 Å². The summed E-state index contributed by atoms with van der Waals surface area (Å²) in [5.41, 5.74) is 0.495. The molecule has 2 unspecified atom stereocenters. The number of aldehydes is 1. The Kier molecular flexibility index (Phi) is 1.62. The van der Waals surface area contributed by atoms with E-state index in [2.05, 4.69) is 5.16 Å². The van der Waals surface area contributed by atoms with Gasteiger partial charge in [-0.2, -0.15) is 0 Å². The summed E-state index contributed by atoms with van der Waals surface area (Å²) in [5, 5.41) is 3.62. The molecule has 2 aliphatic heterocycles. The predicted molar refractivity (Wildman–Crippen MR) is 37.0 cm³/mol. The second-order valence-electron chi connectivity index (χ2n) is 2.73. The highest BCUT2D eigenvalue weighted by Gasteiger charge is 2.36. The highest BCUT2D eigenvalue weighted by atomic mass is 16.8. The highest BCUT2D eigenvalue weighted by molar-refractivity contribution is 6.29. The molecule has 11 heavy (non-hydrogen) atoms. The van der Waals surface area contributed by atoms with Gasteiger partial charge in [0.1, 0.15) is 5.71 Å². The molecule has 2 atom stereocenters. The first-order valence-corrected chi connectivity index (χ1v) is 3.72. The number of fused-ring (bicyclic) bond motifs is 1. The molecule has 4 heteroatoms. The van der Waals surface area contributed by atoms with Crippen molar-refractivity contribution in [1.82, 2.24) is 0 Å². The average Bonchev–Trinajstić information content (AvgIpc) is 2.47. The fourth-order valence-electron chi connectivity index (χ4n) is 1.44. The van der Waals surface area contributed by atoms with Gasteiger partial charge in [0.25, 0.3) is 0 Å². The zero-order valence-electron chi connectivity index (χ0n) is 6.03. The SMILES string of the molecule is O=CC1=NOC2OCCCC12. The molecule has 0 aliphatic carbocycles. The van der Waals surface area contributed by atoms with E-state index in [1.165, 1.54) is 0 Å². The molecule has 2 aliphatic rings. The first-order valence-electron chi connectivity index (χ1n) is 3.72. The summed E-state index contributed by atoms with van der Waals surface area (Å²) in [6, 6.07) is 0. The van der Waals surface area contributed by atoms with Crippen molar-refractivity contribution in [3.63, 3.8) is 0 Å². The minimum absolute atomic E-state index is 0.0845. The van der Waals surface area contributed by atoms with E-state index in [4.69, 9.17) is 9.57 Å². The average molecular weight is 155 g/mol. The van der Waals surface area contributed by atoms with Crippen molar-refractivity contribution in [3.8, 4) is 0 Å². The fourth-order valence-corrected chi connectivity index (χ4v) is 1.44. The molecule has 0 saturated carbocycles. The van der Waals surface area contributed by atoms with Gasteiger partial charge in [-0.25, -0.2) is 0 Å². The Bertz CT molecular complexity index is 202. The fraction of sp³-hybridized carbons (Fsp3) is 0.714. The Morgan fingerprint density at radius 3 is 3.36 bits per heavy atom. The summed E-state index contributed by atoms with van der Waals surface area (Å²) in [7, 11) is 0. The normalized spacial score (nSPS) is 35.5. The predicted octanol–water partition coefficient (Wildman–Crippen LogP) is 0.324. The number of rotatable bonds is 1. The summed E-state index contributed by atoms with van der Waals surface area (Å²) in [4.78, 5) is 15.3. The number of carbonyl (C=O) groups excluding carboxylic acids is 1. The summed E-state index contributed by atoms with van der Waals surface area (Å²) >= 11 is 0. The molecular formula is C7H9NO3. The molecule has 2 rings (SSSR count). The van der Waals surface area contributed by atoms with Crippen LogP contribution in [0.2, 0.25) is 0 Å². The third-order valence-electron chi connectivity index (χ3n) is 2.03. The van der Waals surface area contributed by atoms with Crippen LogP contribution in [0.1, 0.15) is 12.8 Å². The van der Waals surface area contributed by atoms with Crippen LogP contribution >= 0.6 is 0 Å². The zero-order chi connectivity index (χ0) is 7.68. The van der Waals surface area contributed by atoms with E-state index in [-0.39, 0.29) is 12.2 Å². The summed E-state index contributed by atoms with van der Waals surface area (Å²) < 4.78 is 5.24. The van der Waals surface area contributed by atoms with Crippen LogP contribution in [0.15, 0.2) is 5.16 Å². The topological polar surface area (TPSA) is 47.9 Å². The Morgan fingerprint density at radius 1 is 1.64 bits per heavy atom. The van der Waals surface area contributed by atoms with Gasteiger partial charge >= 0.3 is 0 Å². The van der Waals surface area contributed by atoms with Gasteiger partial charge in [-0.05, 0) is 12.8 Å². The van der Waals surface area contributed by atoms with E-state index in [0.29, 0.717) is 12.3 Å². The van der Waals surface area contributed by atoms with Crippen molar-refractivity contribution in [1.29, 1.82) is 0 Å². The van der Waals surface area contributed by atoms with Gasteiger partial charge in [-0.15, -0.1) is 0 Å². The molecule has 4 nitrogen and oxygen atoms in total. The van der Waals surface area contributed by atoms with Crippen LogP contribution in [-0.4, -0.2) is 24.9 Å². The van der Waals surface area contributed by atoms with E-state index >= 15 is 0 Å². The van der Waals surface area contributed by atoms with Crippen molar-refractivity contribution in [2.24, 2.45) is 11.1 Å². The number of oxime groups is 1. The van der Waals surface area contributed by atoms with Crippen molar-refractivity contribution >= 4 is 12.0 Å². The lowest BCUT2D eigenvalue weighted by atomic mass is 9.96. The minimum atomic E-state index is -0.288. The van der Waals surface area contributed by atoms with Crippen molar-refractivity contribution < 1.29 is 14.4 Å². The van der Waals surface area contributed by atoms with Gasteiger partial charge < -0.3 is 9.57 Å². The number of ether oxygens (including phenoxy) is 1. The van der Waals surface area contributed by atoms with E-state index in [1.54, 1.807) is 0 Å². The number of carbonyl (C=O) groups is 1. The Hall–Kier alpha value is -0.900. The first kappa shape index (κ1) is 6.79. The lowest BCUT2D eigenvalue weighted by Crippen LogP contribution is -2.31. The van der Waals surface area contributed by atoms with Crippen LogP contribution < -0.4 is 0 Å². The molecule has 0 N–H and O–H groups in total. The van der Waals surface area contributed by atoms with Gasteiger partial charge in [-0.1, -0.05) is 5.16 Å². The van der Waals surface area contributed by atoms with Gasteiger partial charge in [-0.3, -0.25) is 4.79 Å². The molecule has 0 aromatic rings. The lowest BCUT2D eigenvalue weighted by Gasteiger charge is -2.22. The Balaban J connectivity index is 2.11. The van der Waals surface area contributed by atoms with Crippen LogP contribution in [0.4, 0.5) is 0 Å². The number of hydrogen-bond acceptors (Lipinski definition) is 4. The second kappa shape index (κ2) is 2.62. The minimum Gasteiger partial charge on any atom is -0.363 e. The third kappa shape index (κ3) is 1.03. The molecule has 60 valence electrons. The van der Waals surface area contributed by atoms with E-state index in [0.717, 1.165) is 19.1 Å². The Morgan fingerprint density at radius 2 is 2.55 bits per heavy atom. The van der Waals surface area contributed by atoms with Crippen LogP contribution in [0.3, 0.4) is 0 Å². The molecule has 0 aromatic heterocycles. The molecule has 0 amide bonds. The van der Waals surface area contributed by atoms with Gasteiger partial charge in [0, 0.05) is 0 Å². The largest absolute Gasteiger partial charge is 0.363 e. The maximum atomic E-state index is 10.4. The molecular weight excluding hydrogens is 146 g/mol. The Labute approximate surface area is 64.2 Å². The third-order valence-corrected chi connectivity index (χ3v) is 2.03. The van der Waals surface area contributed by atoms with Crippen LogP contribution in [0.25, 0.3) is 0 Å². The van der Waals surface area contributed by atoms with Gasteiger partial charge in [0.15, 0.2) is 6.29 Å². The maximum Gasteiger partial charge on any atom is 0.235 e. The van der Waals surface area contributed by atoms with E-state index in [1.807, 2.05) is 0 Å². The van der Waals surface area contributed by atoms with E-state index < -0.39 is 0 Å². The summed E-state index contributed by atoms with van der Waals surface area (Å²) in [5.74, 6) is 0.0845. The van der Waals surface area contributed by atoms with Crippen LogP contribution in [0.5, 0.6) is 0 Å². The lowest BCUT2D eigenvalue weighted by molar-refractivity contribution is -0.162. The monoisotopic (exact) mass is 155 g/mol. The summed E-state index contributed by atoms with van der Waals surface area (Å²) in [6.07, 6.45) is 2.39. The second-order valence-corrected chi connectivity index (χ2v) is 2.73. The number of nitrogens with zero attached hydrogens (tertiary/aromatic N) is 1. The smallest absolute Gasteiger partial charge is 0.235 e. The van der Waals surface area contributed by atoms with Crippen molar-refractivity contribution in [3.05, 3.63) is 0 Å². The van der Waals surface area contributed by atoms with Crippen LogP contribution in [0, 0.1) is 5.92 Å². The molecule has 0 bridgehead atoms. The molecule has 1 fully saturated rings.